The zero-order chi connectivity index (χ0) is 19.2. The lowest BCUT2D eigenvalue weighted by atomic mass is 10.0. The molecule has 0 aliphatic carbocycles. The van der Waals surface area contributed by atoms with Gasteiger partial charge in [-0.3, -0.25) is 9.89 Å². The molecule has 0 unspecified atom stereocenters. The zero-order valence-electron chi connectivity index (χ0n) is 16.0. The summed E-state index contributed by atoms with van der Waals surface area (Å²) in [5.41, 5.74) is 3.38. The number of nitrogens with one attached hydrogen (secondary N) is 2. The van der Waals surface area contributed by atoms with Crippen molar-refractivity contribution >= 4 is 11.7 Å². The monoisotopic (exact) mass is 374 g/mol. The average Bonchev–Trinajstić information content (AvgIpc) is 3.25. The van der Waals surface area contributed by atoms with Gasteiger partial charge in [0.1, 0.15) is 0 Å². The van der Waals surface area contributed by atoms with Crippen LogP contribution in [0.3, 0.4) is 0 Å². The molecule has 0 atom stereocenters. The Kier molecular flexibility index (Phi) is 5.71. The Morgan fingerprint density at radius 3 is 2.43 bits per heavy atom. The number of rotatable bonds is 6. The first-order valence-corrected chi connectivity index (χ1v) is 9.97. The number of carbonyl (C=O) groups excluding carboxylic acids is 1. The van der Waals surface area contributed by atoms with Crippen molar-refractivity contribution in [3.8, 4) is 11.3 Å². The third-order valence-corrected chi connectivity index (χ3v) is 5.32. The molecule has 2 aromatic carbocycles. The van der Waals surface area contributed by atoms with Crippen molar-refractivity contribution in [2.75, 3.05) is 18.0 Å². The van der Waals surface area contributed by atoms with E-state index >= 15 is 0 Å². The standard InChI is InChI=1S/C23H26N4O/c28-23(12-11-18-7-3-1-4-8-18)24-20-13-15-27(16-14-20)22-17-21(25-26-22)19-9-5-2-6-10-19/h1-10,17,20H,11-16H2,(H,24,28)(H,25,26). The average molecular weight is 374 g/mol. The summed E-state index contributed by atoms with van der Waals surface area (Å²) in [6.07, 6.45) is 3.24. The highest BCUT2D eigenvalue weighted by Crippen LogP contribution is 2.24. The van der Waals surface area contributed by atoms with Crippen LogP contribution in [0, 0.1) is 0 Å². The second-order valence-corrected chi connectivity index (χ2v) is 7.32. The molecular weight excluding hydrogens is 348 g/mol. The summed E-state index contributed by atoms with van der Waals surface area (Å²) in [5, 5.41) is 10.8. The third kappa shape index (κ3) is 4.60. The molecule has 2 heterocycles. The van der Waals surface area contributed by atoms with E-state index in [4.69, 9.17) is 0 Å². The van der Waals surface area contributed by atoms with Crippen LogP contribution in [0.1, 0.15) is 24.8 Å². The van der Waals surface area contributed by atoms with E-state index < -0.39 is 0 Å². The minimum Gasteiger partial charge on any atom is -0.355 e. The van der Waals surface area contributed by atoms with Gasteiger partial charge in [-0.2, -0.15) is 5.10 Å². The molecular formula is C23H26N4O. The maximum absolute atomic E-state index is 12.3. The van der Waals surface area contributed by atoms with E-state index in [1.807, 2.05) is 36.4 Å². The van der Waals surface area contributed by atoms with Gasteiger partial charge >= 0.3 is 0 Å². The van der Waals surface area contributed by atoms with Gasteiger partial charge in [0.2, 0.25) is 5.91 Å². The molecule has 1 aliphatic heterocycles. The van der Waals surface area contributed by atoms with E-state index in [-0.39, 0.29) is 11.9 Å². The number of aromatic nitrogens is 2. The fourth-order valence-electron chi connectivity index (χ4n) is 3.69. The van der Waals surface area contributed by atoms with Crippen molar-refractivity contribution in [3.63, 3.8) is 0 Å². The molecule has 3 aromatic rings. The van der Waals surface area contributed by atoms with Gasteiger partial charge in [-0.1, -0.05) is 60.7 Å². The van der Waals surface area contributed by atoms with Gasteiger partial charge in [-0.05, 0) is 30.4 Å². The Hall–Kier alpha value is -3.08. The predicted octanol–water partition coefficient (Wildman–Crippen LogP) is 3.79. The molecule has 1 aliphatic rings. The number of aromatic amines is 1. The first kappa shape index (κ1) is 18.3. The van der Waals surface area contributed by atoms with Crippen LogP contribution in [0.2, 0.25) is 0 Å². The van der Waals surface area contributed by atoms with Crippen LogP contribution < -0.4 is 10.2 Å². The van der Waals surface area contributed by atoms with Crippen molar-refractivity contribution < 1.29 is 4.79 Å². The molecule has 0 radical (unpaired) electrons. The topological polar surface area (TPSA) is 61.0 Å². The quantitative estimate of drug-likeness (QED) is 0.690. The van der Waals surface area contributed by atoms with Gasteiger partial charge in [0.05, 0.1) is 5.69 Å². The summed E-state index contributed by atoms with van der Waals surface area (Å²) >= 11 is 0. The lowest BCUT2D eigenvalue weighted by molar-refractivity contribution is -0.121. The fourth-order valence-corrected chi connectivity index (χ4v) is 3.69. The summed E-state index contributed by atoms with van der Waals surface area (Å²) < 4.78 is 0. The number of carbonyl (C=O) groups is 1. The van der Waals surface area contributed by atoms with Crippen LogP contribution in [0.25, 0.3) is 11.3 Å². The SMILES string of the molecule is O=C(CCc1ccccc1)NC1CCN(c2cc(-c3ccccc3)[nH]n2)CC1. The van der Waals surface area contributed by atoms with E-state index in [0.29, 0.717) is 6.42 Å². The summed E-state index contributed by atoms with van der Waals surface area (Å²) in [4.78, 5) is 14.5. The molecule has 0 spiro atoms. The Morgan fingerprint density at radius 2 is 1.71 bits per heavy atom. The third-order valence-electron chi connectivity index (χ3n) is 5.32. The maximum atomic E-state index is 12.3. The minimum absolute atomic E-state index is 0.147. The molecule has 2 N–H and O–H groups in total. The number of H-pyrrole nitrogens is 1. The smallest absolute Gasteiger partial charge is 0.220 e. The van der Waals surface area contributed by atoms with Gasteiger partial charge in [0.15, 0.2) is 5.82 Å². The van der Waals surface area contributed by atoms with Gasteiger partial charge in [0.25, 0.3) is 0 Å². The van der Waals surface area contributed by atoms with E-state index in [2.05, 4.69) is 50.7 Å². The van der Waals surface area contributed by atoms with E-state index in [1.54, 1.807) is 0 Å². The van der Waals surface area contributed by atoms with Crippen LogP contribution >= 0.6 is 0 Å². The number of hydrogen-bond donors (Lipinski definition) is 2. The number of hydrogen-bond acceptors (Lipinski definition) is 3. The molecule has 5 heteroatoms. The Morgan fingerprint density at radius 1 is 1.04 bits per heavy atom. The molecule has 1 amide bonds. The van der Waals surface area contributed by atoms with Gasteiger partial charge in [-0.25, -0.2) is 0 Å². The molecule has 5 nitrogen and oxygen atoms in total. The van der Waals surface area contributed by atoms with Crippen molar-refractivity contribution in [2.45, 2.75) is 31.7 Å². The van der Waals surface area contributed by atoms with E-state index in [9.17, 15) is 4.79 Å². The highest BCUT2D eigenvalue weighted by molar-refractivity contribution is 5.76. The molecule has 1 aromatic heterocycles. The molecule has 1 saturated heterocycles. The number of amides is 1. The summed E-state index contributed by atoms with van der Waals surface area (Å²) in [6, 6.07) is 22.8. The first-order chi connectivity index (χ1) is 13.8. The Bertz CT molecular complexity index is 883. The highest BCUT2D eigenvalue weighted by atomic mass is 16.1. The van der Waals surface area contributed by atoms with Crippen molar-refractivity contribution in [2.24, 2.45) is 0 Å². The minimum atomic E-state index is 0.147. The summed E-state index contributed by atoms with van der Waals surface area (Å²) in [6.45, 7) is 1.81. The second-order valence-electron chi connectivity index (χ2n) is 7.32. The number of aryl methyl sites for hydroxylation is 1. The number of anilines is 1. The molecule has 0 bridgehead atoms. The van der Waals surface area contributed by atoms with Gasteiger partial charge in [0, 0.05) is 31.6 Å². The molecule has 28 heavy (non-hydrogen) atoms. The number of nitrogens with zero attached hydrogens (tertiary/aromatic N) is 2. The van der Waals surface area contributed by atoms with Crippen molar-refractivity contribution in [1.82, 2.24) is 15.5 Å². The van der Waals surface area contributed by atoms with Crippen LogP contribution in [0.5, 0.6) is 0 Å². The number of piperidine rings is 1. The van der Waals surface area contributed by atoms with Crippen LogP contribution in [0.15, 0.2) is 66.7 Å². The van der Waals surface area contributed by atoms with E-state index in [1.165, 1.54) is 5.56 Å². The van der Waals surface area contributed by atoms with Crippen molar-refractivity contribution in [1.29, 1.82) is 0 Å². The molecule has 144 valence electrons. The van der Waals surface area contributed by atoms with Gasteiger partial charge < -0.3 is 10.2 Å². The van der Waals surface area contributed by atoms with Crippen LogP contribution in [-0.4, -0.2) is 35.2 Å². The highest BCUT2D eigenvalue weighted by Gasteiger charge is 2.22. The first-order valence-electron chi connectivity index (χ1n) is 9.97. The lowest BCUT2D eigenvalue weighted by Gasteiger charge is -2.32. The van der Waals surface area contributed by atoms with Crippen LogP contribution in [-0.2, 0) is 11.2 Å². The zero-order valence-corrected chi connectivity index (χ0v) is 16.0. The predicted molar refractivity (Wildman–Crippen MR) is 112 cm³/mol. The van der Waals surface area contributed by atoms with E-state index in [0.717, 1.165) is 49.4 Å². The van der Waals surface area contributed by atoms with Crippen LogP contribution in [0.4, 0.5) is 5.82 Å². The summed E-state index contributed by atoms with van der Waals surface area (Å²) in [7, 11) is 0. The molecule has 1 fully saturated rings. The largest absolute Gasteiger partial charge is 0.355 e. The Balaban J connectivity index is 1.24. The maximum Gasteiger partial charge on any atom is 0.220 e. The second kappa shape index (κ2) is 8.74. The van der Waals surface area contributed by atoms with Crippen molar-refractivity contribution in [3.05, 3.63) is 72.3 Å². The summed E-state index contributed by atoms with van der Waals surface area (Å²) in [5.74, 6) is 1.13. The normalized spacial score (nSPS) is 14.8. The molecule has 4 rings (SSSR count). The fraction of sp³-hybridized carbons (Fsp3) is 0.304. The molecule has 0 saturated carbocycles. The Labute approximate surface area is 165 Å². The number of benzene rings is 2. The van der Waals surface area contributed by atoms with Gasteiger partial charge in [-0.15, -0.1) is 0 Å². The lowest BCUT2D eigenvalue weighted by Crippen LogP contribution is -2.44.